The number of carbonyl (C=O) groups is 1. The van der Waals surface area contributed by atoms with E-state index in [9.17, 15) is 9.59 Å². The Labute approximate surface area is 129 Å². The van der Waals surface area contributed by atoms with Gasteiger partial charge in [-0.2, -0.15) is 0 Å². The number of para-hydroxylation sites is 1. The number of aromatic nitrogens is 2. The maximum atomic E-state index is 12.3. The van der Waals surface area contributed by atoms with E-state index >= 15 is 0 Å². The van der Waals surface area contributed by atoms with Crippen LogP contribution in [-0.2, 0) is 18.3 Å². The molecule has 3 rings (SSSR count). The van der Waals surface area contributed by atoms with Crippen LogP contribution in [0.1, 0.15) is 37.9 Å². The Morgan fingerprint density at radius 3 is 2.82 bits per heavy atom. The molecule has 1 aromatic carbocycles. The second-order valence-corrected chi connectivity index (χ2v) is 5.96. The van der Waals surface area contributed by atoms with Crippen molar-refractivity contribution in [3.8, 4) is 0 Å². The minimum atomic E-state index is -0.0585. The molecule has 0 radical (unpaired) electrons. The Morgan fingerprint density at radius 2 is 2.05 bits per heavy atom. The van der Waals surface area contributed by atoms with Gasteiger partial charge in [0, 0.05) is 25.9 Å². The highest BCUT2D eigenvalue weighted by Gasteiger charge is 2.17. The third-order valence-corrected chi connectivity index (χ3v) is 4.37. The quantitative estimate of drug-likeness (QED) is 0.938. The SMILES string of the molecule is Cn1c(CCC(=O)NC2CCCC2)nc2ccccc2c1=O. The number of hydrogen-bond donors (Lipinski definition) is 1. The minimum Gasteiger partial charge on any atom is -0.353 e. The Balaban J connectivity index is 1.72. The Kier molecular flexibility index (Phi) is 4.22. The summed E-state index contributed by atoms with van der Waals surface area (Å²) in [6.07, 6.45) is 5.42. The average molecular weight is 299 g/mol. The Morgan fingerprint density at radius 1 is 1.32 bits per heavy atom. The van der Waals surface area contributed by atoms with Gasteiger partial charge in [-0.1, -0.05) is 25.0 Å². The number of fused-ring (bicyclic) bond motifs is 1. The van der Waals surface area contributed by atoms with Crippen LogP contribution in [0.4, 0.5) is 0 Å². The predicted octanol–water partition coefficient (Wildman–Crippen LogP) is 1.92. The van der Waals surface area contributed by atoms with E-state index in [0.29, 0.717) is 35.6 Å². The first-order chi connectivity index (χ1) is 10.6. The first-order valence-corrected chi connectivity index (χ1v) is 7.89. The molecular formula is C17H21N3O2. The summed E-state index contributed by atoms with van der Waals surface area (Å²) in [5.74, 6) is 0.708. The number of rotatable bonds is 4. The van der Waals surface area contributed by atoms with Crippen molar-refractivity contribution in [1.29, 1.82) is 0 Å². The van der Waals surface area contributed by atoms with Crippen LogP contribution >= 0.6 is 0 Å². The van der Waals surface area contributed by atoms with E-state index in [2.05, 4.69) is 10.3 Å². The standard InChI is InChI=1S/C17H21N3O2/c1-20-15(10-11-16(21)18-12-6-2-3-7-12)19-14-9-5-4-8-13(14)17(20)22/h4-5,8-9,12H,2-3,6-7,10-11H2,1H3,(H,18,21). The van der Waals surface area contributed by atoms with Crippen molar-refractivity contribution < 1.29 is 4.79 Å². The molecule has 0 bridgehead atoms. The lowest BCUT2D eigenvalue weighted by Crippen LogP contribution is -2.33. The fourth-order valence-electron chi connectivity index (χ4n) is 3.08. The maximum Gasteiger partial charge on any atom is 0.261 e. The first-order valence-electron chi connectivity index (χ1n) is 7.89. The zero-order valence-electron chi connectivity index (χ0n) is 12.8. The smallest absolute Gasteiger partial charge is 0.261 e. The van der Waals surface area contributed by atoms with Gasteiger partial charge in [0.05, 0.1) is 10.9 Å². The molecule has 0 unspecified atom stereocenters. The molecule has 1 saturated carbocycles. The summed E-state index contributed by atoms with van der Waals surface area (Å²) in [4.78, 5) is 28.8. The van der Waals surface area contributed by atoms with Crippen LogP contribution in [0.5, 0.6) is 0 Å². The molecule has 1 aromatic heterocycles. The molecular weight excluding hydrogens is 278 g/mol. The van der Waals surface area contributed by atoms with Gasteiger partial charge in [-0.25, -0.2) is 4.98 Å². The van der Waals surface area contributed by atoms with Crippen LogP contribution in [0, 0.1) is 0 Å². The molecule has 1 amide bonds. The van der Waals surface area contributed by atoms with Gasteiger partial charge in [0.1, 0.15) is 5.82 Å². The lowest BCUT2D eigenvalue weighted by Gasteiger charge is -2.12. The van der Waals surface area contributed by atoms with E-state index in [1.54, 1.807) is 17.7 Å². The van der Waals surface area contributed by atoms with Gasteiger partial charge in [0.2, 0.25) is 5.91 Å². The van der Waals surface area contributed by atoms with E-state index in [4.69, 9.17) is 0 Å². The summed E-state index contributed by atoms with van der Waals surface area (Å²) in [7, 11) is 1.71. The summed E-state index contributed by atoms with van der Waals surface area (Å²) in [5, 5.41) is 3.68. The van der Waals surface area contributed by atoms with Gasteiger partial charge >= 0.3 is 0 Å². The highest BCUT2D eigenvalue weighted by atomic mass is 16.1. The van der Waals surface area contributed by atoms with Gasteiger partial charge < -0.3 is 5.32 Å². The van der Waals surface area contributed by atoms with Crippen LogP contribution < -0.4 is 10.9 Å². The number of carbonyl (C=O) groups excluding carboxylic acids is 1. The van der Waals surface area contributed by atoms with Crippen LogP contribution in [0.2, 0.25) is 0 Å². The van der Waals surface area contributed by atoms with Crippen molar-refractivity contribution in [2.24, 2.45) is 7.05 Å². The largest absolute Gasteiger partial charge is 0.353 e. The fourth-order valence-corrected chi connectivity index (χ4v) is 3.08. The number of nitrogens with one attached hydrogen (secondary N) is 1. The average Bonchev–Trinajstić information content (AvgIpc) is 3.02. The Bertz CT molecular complexity index is 745. The predicted molar refractivity (Wildman–Crippen MR) is 85.7 cm³/mol. The van der Waals surface area contributed by atoms with Crippen LogP contribution in [0.25, 0.3) is 10.9 Å². The molecule has 22 heavy (non-hydrogen) atoms. The third kappa shape index (κ3) is 3.03. The highest BCUT2D eigenvalue weighted by molar-refractivity contribution is 5.78. The topological polar surface area (TPSA) is 64.0 Å². The fraction of sp³-hybridized carbons (Fsp3) is 0.471. The monoisotopic (exact) mass is 299 g/mol. The van der Waals surface area contributed by atoms with Gasteiger partial charge in [0.15, 0.2) is 0 Å². The highest BCUT2D eigenvalue weighted by Crippen LogP contribution is 2.17. The third-order valence-electron chi connectivity index (χ3n) is 4.37. The summed E-state index contributed by atoms with van der Waals surface area (Å²) >= 11 is 0. The summed E-state index contributed by atoms with van der Waals surface area (Å²) in [6, 6.07) is 7.65. The molecule has 1 heterocycles. The van der Waals surface area contributed by atoms with E-state index in [1.165, 1.54) is 12.8 Å². The molecule has 0 atom stereocenters. The normalized spacial score (nSPS) is 15.3. The number of hydrogen-bond acceptors (Lipinski definition) is 3. The molecule has 1 aliphatic carbocycles. The molecule has 5 nitrogen and oxygen atoms in total. The first kappa shape index (κ1) is 14.8. The van der Waals surface area contributed by atoms with E-state index in [1.807, 2.05) is 18.2 Å². The van der Waals surface area contributed by atoms with E-state index in [-0.39, 0.29) is 11.5 Å². The zero-order chi connectivity index (χ0) is 15.5. The minimum absolute atomic E-state index is 0.0503. The molecule has 1 N–H and O–H groups in total. The number of nitrogens with zero attached hydrogens (tertiary/aromatic N) is 2. The molecule has 0 spiro atoms. The maximum absolute atomic E-state index is 12.3. The second kappa shape index (κ2) is 6.30. The van der Waals surface area contributed by atoms with Crippen molar-refractivity contribution in [3.63, 3.8) is 0 Å². The van der Waals surface area contributed by atoms with Crippen molar-refractivity contribution in [2.45, 2.75) is 44.6 Å². The van der Waals surface area contributed by atoms with E-state index in [0.717, 1.165) is 12.8 Å². The van der Waals surface area contributed by atoms with Gasteiger partial charge in [-0.15, -0.1) is 0 Å². The summed E-state index contributed by atoms with van der Waals surface area (Å²) in [5.41, 5.74) is 0.633. The molecule has 2 aromatic rings. The molecule has 1 aliphatic rings. The molecule has 5 heteroatoms. The number of benzene rings is 1. The second-order valence-electron chi connectivity index (χ2n) is 5.96. The lowest BCUT2D eigenvalue weighted by atomic mass is 10.2. The molecule has 116 valence electrons. The van der Waals surface area contributed by atoms with Crippen molar-refractivity contribution in [1.82, 2.24) is 14.9 Å². The van der Waals surface area contributed by atoms with Crippen molar-refractivity contribution in [3.05, 3.63) is 40.4 Å². The molecule has 1 fully saturated rings. The van der Waals surface area contributed by atoms with Gasteiger partial charge in [0.25, 0.3) is 5.56 Å². The van der Waals surface area contributed by atoms with Crippen LogP contribution in [-0.4, -0.2) is 21.5 Å². The van der Waals surface area contributed by atoms with Crippen molar-refractivity contribution >= 4 is 16.8 Å². The summed E-state index contributed by atoms with van der Waals surface area (Å²) in [6.45, 7) is 0. The van der Waals surface area contributed by atoms with Crippen LogP contribution in [0.3, 0.4) is 0 Å². The molecule has 0 saturated heterocycles. The number of aryl methyl sites for hydroxylation is 1. The van der Waals surface area contributed by atoms with Crippen LogP contribution in [0.15, 0.2) is 29.1 Å². The zero-order valence-corrected chi connectivity index (χ0v) is 12.8. The van der Waals surface area contributed by atoms with Crippen molar-refractivity contribution in [2.75, 3.05) is 0 Å². The van der Waals surface area contributed by atoms with E-state index < -0.39 is 0 Å². The van der Waals surface area contributed by atoms with Gasteiger partial charge in [-0.05, 0) is 25.0 Å². The van der Waals surface area contributed by atoms with Gasteiger partial charge in [-0.3, -0.25) is 14.2 Å². The Hall–Kier alpha value is -2.17. The number of amides is 1. The molecule has 0 aliphatic heterocycles. The summed E-state index contributed by atoms with van der Waals surface area (Å²) < 4.78 is 1.55. The lowest BCUT2D eigenvalue weighted by molar-refractivity contribution is -0.121.